The van der Waals surface area contributed by atoms with E-state index in [4.69, 9.17) is 27.4 Å². The highest BCUT2D eigenvalue weighted by molar-refractivity contribution is 9.10. The van der Waals surface area contributed by atoms with Crippen LogP contribution in [0.15, 0.2) is 46.9 Å². The Labute approximate surface area is 138 Å². The summed E-state index contributed by atoms with van der Waals surface area (Å²) in [5.74, 6) is 1.54. The molecular formula is C16H16BrNO2S. The van der Waals surface area contributed by atoms with Crippen molar-refractivity contribution in [3.63, 3.8) is 0 Å². The van der Waals surface area contributed by atoms with Crippen molar-refractivity contribution in [2.24, 2.45) is 5.73 Å². The number of hydrogen-bond donors (Lipinski definition) is 1. The average Bonchev–Trinajstić information content (AvgIpc) is 2.45. The number of nitrogens with two attached hydrogens (primary N) is 1. The molecule has 0 atom stereocenters. The topological polar surface area (TPSA) is 44.5 Å². The molecule has 0 saturated heterocycles. The zero-order valence-corrected chi connectivity index (χ0v) is 14.0. The van der Waals surface area contributed by atoms with Crippen molar-refractivity contribution in [3.8, 4) is 11.5 Å². The van der Waals surface area contributed by atoms with Gasteiger partial charge in [-0.1, -0.05) is 30.4 Å². The normalized spacial score (nSPS) is 10.2. The Bertz CT molecular complexity index is 646. The van der Waals surface area contributed by atoms with Gasteiger partial charge in [0.2, 0.25) is 0 Å². The smallest absolute Gasteiger partial charge is 0.133 e. The summed E-state index contributed by atoms with van der Waals surface area (Å²) >= 11 is 8.41. The lowest BCUT2D eigenvalue weighted by Crippen LogP contribution is -2.11. The van der Waals surface area contributed by atoms with Gasteiger partial charge in [-0.15, -0.1) is 0 Å². The first-order valence-corrected chi connectivity index (χ1v) is 7.68. The lowest BCUT2D eigenvalue weighted by atomic mass is 10.2. The summed E-state index contributed by atoms with van der Waals surface area (Å²) in [7, 11) is 0. The van der Waals surface area contributed by atoms with E-state index in [1.165, 1.54) is 5.56 Å². The van der Waals surface area contributed by atoms with Crippen LogP contribution in [0.2, 0.25) is 0 Å². The number of rotatable bonds is 6. The minimum atomic E-state index is 0.361. The van der Waals surface area contributed by atoms with Crippen LogP contribution in [0.3, 0.4) is 0 Å². The summed E-state index contributed by atoms with van der Waals surface area (Å²) in [6.07, 6.45) is 0. The first kappa shape index (κ1) is 15.8. The zero-order chi connectivity index (χ0) is 15.2. The minimum absolute atomic E-state index is 0.361. The van der Waals surface area contributed by atoms with Crippen molar-refractivity contribution in [2.75, 3.05) is 13.2 Å². The lowest BCUT2D eigenvalue weighted by molar-refractivity contribution is 0.216. The van der Waals surface area contributed by atoms with Gasteiger partial charge in [0.25, 0.3) is 0 Å². The molecule has 0 unspecified atom stereocenters. The monoisotopic (exact) mass is 365 g/mol. The summed E-state index contributed by atoms with van der Waals surface area (Å²) in [6.45, 7) is 2.94. The van der Waals surface area contributed by atoms with Crippen molar-refractivity contribution in [3.05, 3.63) is 58.1 Å². The fourth-order valence-electron chi connectivity index (χ4n) is 1.77. The molecule has 21 heavy (non-hydrogen) atoms. The predicted octanol–water partition coefficient (Wildman–Crippen LogP) is 3.85. The van der Waals surface area contributed by atoms with Crippen molar-refractivity contribution in [2.45, 2.75) is 6.92 Å². The highest BCUT2D eigenvalue weighted by atomic mass is 79.9. The molecule has 2 aromatic carbocycles. The van der Waals surface area contributed by atoms with Crippen LogP contribution < -0.4 is 15.2 Å². The lowest BCUT2D eigenvalue weighted by Gasteiger charge is -2.10. The van der Waals surface area contributed by atoms with Crippen molar-refractivity contribution in [1.29, 1.82) is 0 Å². The Morgan fingerprint density at radius 1 is 1.14 bits per heavy atom. The van der Waals surface area contributed by atoms with Crippen LogP contribution in [0.1, 0.15) is 11.1 Å². The fourth-order valence-corrected chi connectivity index (χ4v) is 2.51. The molecule has 2 aromatic rings. The molecule has 0 heterocycles. The van der Waals surface area contributed by atoms with Gasteiger partial charge >= 0.3 is 0 Å². The van der Waals surface area contributed by atoms with Crippen LogP contribution in [-0.4, -0.2) is 18.2 Å². The molecule has 0 radical (unpaired) electrons. The van der Waals surface area contributed by atoms with Gasteiger partial charge in [0.1, 0.15) is 29.7 Å². The molecule has 110 valence electrons. The minimum Gasteiger partial charge on any atom is -0.490 e. The van der Waals surface area contributed by atoms with E-state index in [0.717, 1.165) is 21.5 Å². The summed E-state index contributed by atoms with van der Waals surface area (Å²) in [4.78, 5) is 0.361. The number of thiocarbonyl (C=S) groups is 1. The standard InChI is InChI=1S/C16H16BrNO2S/c1-11-5-6-15(14(17)9-11)20-8-7-19-13-4-2-3-12(10-13)16(18)21/h2-6,9-10H,7-8H2,1H3,(H2,18,21). The molecule has 2 N–H and O–H groups in total. The number of halogens is 1. The maximum absolute atomic E-state index is 5.67. The van der Waals surface area contributed by atoms with Crippen LogP contribution >= 0.6 is 28.1 Å². The third-order valence-corrected chi connectivity index (χ3v) is 3.67. The van der Waals surface area contributed by atoms with Crippen LogP contribution in [0.4, 0.5) is 0 Å². The van der Waals surface area contributed by atoms with Gasteiger partial charge in [0.15, 0.2) is 0 Å². The van der Waals surface area contributed by atoms with E-state index >= 15 is 0 Å². The summed E-state index contributed by atoms with van der Waals surface area (Å²) in [5.41, 5.74) is 7.56. The average molecular weight is 366 g/mol. The maximum Gasteiger partial charge on any atom is 0.133 e. The molecule has 5 heteroatoms. The molecule has 0 saturated carbocycles. The van der Waals surface area contributed by atoms with E-state index in [1.54, 1.807) is 0 Å². The number of hydrogen-bond acceptors (Lipinski definition) is 3. The van der Waals surface area contributed by atoms with E-state index in [0.29, 0.717) is 18.2 Å². The summed E-state index contributed by atoms with van der Waals surface area (Å²) in [6, 6.07) is 13.4. The van der Waals surface area contributed by atoms with Crippen LogP contribution in [-0.2, 0) is 0 Å². The number of benzene rings is 2. The second-order valence-electron chi connectivity index (χ2n) is 4.52. The van der Waals surface area contributed by atoms with Crippen LogP contribution in [0, 0.1) is 6.92 Å². The van der Waals surface area contributed by atoms with Gasteiger partial charge in [-0.05, 0) is 52.7 Å². The third-order valence-electron chi connectivity index (χ3n) is 2.82. The number of aryl methyl sites for hydroxylation is 1. The Kier molecular flexibility index (Phi) is 5.59. The molecule has 0 aliphatic carbocycles. The molecule has 0 aromatic heterocycles. The van der Waals surface area contributed by atoms with Gasteiger partial charge in [-0.25, -0.2) is 0 Å². The van der Waals surface area contributed by atoms with Crippen LogP contribution in [0.25, 0.3) is 0 Å². The molecule has 0 aliphatic rings. The molecular weight excluding hydrogens is 350 g/mol. The number of ether oxygens (including phenoxy) is 2. The van der Waals surface area contributed by atoms with E-state index in [9.17, 15) is 0 Å². The highest BCUT2D eigenvalue weighted by Gasteiger charge is 2.02. The maximum atomic E-state index is 5.67. The Morgan fingerprint density at radius 2 is 1.90 bits per heavy atom. The van der Waals surface area contributed by atoms with Gasteiger partial charge in [0, 0.05) is 5.56 Å². The molecule has 0 spiro atoms. The predicted molar refractivity (Wildman–Crippen MR) is 92.2 cm³/mol. The van der Waals surface area contributed by atoms with Crippen molar-refractivity contribution < 1.29 is 9.47 Å². The Balaban J connectivity index is 1.84. The van der Waals surface area contributed by atoms with Crippen molar-refractivity contribution >= 4 is 33.1 Å². The zero-order valence-electron chi connectivity index (χ0n) is 11.6. The highest BCUT2D eigenvalue weighted by Crippen LogP contribution is 2.25. The second kappa shape index (κ2) is 7.43. The van der Waals surface area contributed by atoms with Crippen molar-refractivity contribution in [1.82, 2.24) is 0 Å². The second-order valence-corrected chi connectivity index (χ2v) is 5.82. The SMILES string of the molecule is Cc1ccc(OCCOc2cccc(C(N)=S)c2)c(Br)c1. The molecule has 0 amide bonds. The largest absolute Gasteiger partial charge is 0.490 e. The van der Waals surface area contributed by atoms with E-state index in [2.05, 4.69) is 15.9 Å². The van der Waals surface area contributed by atoms with E-state index in [-0.39, 0.29) is 0 Å². The summed E-state index contributed by atoms with van der Waals surface area (Å²) in [5, 5.41) is 0. The summed E-state index contributed by atoms with van der Waals surface area (Å²) < 4.78 is 12.2. The fraction of sp³-hybridized carbons (Fsp3) is 0.188. The first-order valence-electron chi connectivity index (χ1n) is 6.48. The van der Waals surface area contributed by atoms with Gasteiger partial charge in [-0.2, -0.15) is 0 Å². The van der Waals surface area contributed by atoms with Crippen LogP contribution in [0.5, 0.6) is 11.5 Å². The third kappa shape index (κ3) is 4.72. The quantitative estimate of drug-likeness (QED) is 0.623. The molecule has 3 nitrogen and oxygen atoms in total. The van der Waals surface area contributed by atoms with Gasteiger partial charge in [-0.3, -0.25) is 0 Å². The van der Waals surface area contributed by atoms with E-state index in [1.807, 2.05) is 49.4 Å². The van der Waals surface area contributed by atoms with E-state index < -0.39 is 0 Å². The Morgan fingerprint density at radius 3 is 2.62 bits per heavy atom. The molecule has 0 bridgehead atoms. The molecule has 0 aliphatic heterocycles. The van der Waals surface area contributed by atoms with Gasteiger partial charge < -0.3 is 15.2 Å². The molecule has 2 rings (SSSR count). The van der Waals surface area contributed by atoms with Gasteiger partial charge in [0.05, 0.1) is 4.47 Å². The first-order chi connectivity index (χ1) is 10.1. The Hall–Kier alpha value is -1.59. The molecule has 0 fully saturated rings.